The van der Waals surface area contributed by atoms with E-state index in [1.165, 1.54) is 15.6 Å². The fraction of sp³-hybridized carbons (Fsp3) is 0.318. The van der Waals surface area contributed by atoms with Crippen LogP contribution < -0.4 is 10.9 Å². The van der Waals surface area contributed by atoms with Crippen molar-refractivity contribution in [2.24, 2.45) is 0 Å². The second kappa shape index (κ2) is 8.97. The van der Waals surface area contributed by atoms with Gasteiger partial charge in [-0.2, -0.15) is 5.10 Å². The van der Waals surface area contributed by atoms with E-state index in [4.69, 9.17) is 0 Å². The molecule has 0 aliphatic rings. The molecular formula is C22H25N3O2S. The molecule has 28 heavy (non-hydrogen) atoms. The number of nitrogens with zero attached hydrogens (tertiary/aromatic N) is 2. The van der Waals surface area contributed by atoms with Crippen LogP contribution in [0.4, 0.5) is 0 Å². The Morgan fingerprint density at radius 2 is 1.89 bits per heavy atom. The molecule has 0 spiro atoms. The third-order valence-electron chi connectivity index (χ3n) is 4.53. The predicted octanol–water partition coefficient (Wildman–Crippen LogP) is 4.82. The predicted molar refractivity (Wildman–Crippen MR) is 114 cm³/mol. The smallest absolute Gasteiger partial charge is 0.267 e. The minimum Gasteiger partial charge on any atom is -0.344 e. The molecular weight excluding hydrogens is 370 g/mol. The Bertz CT molecular complexity index is 976. The average Bonchev–Trinajstić information content (AvgIpc) is 3.22. The van der Waals surface area contributed by atoms with Crippen LogP contribution in [0.5, 0.6) is 0 Å². The van der Waals surface area contributed by atoms with Crippen LogP contribution in [0.25, 0.3) is 11.3 Å². The molecule has 1 aromatic carbocycles. The van der Waals surface area contributed by atoms with Crippen LogP contribution in [0.1, 0.15) is 60.9 Å². The van der Waals surface area contributed by atoms with Gasteiger partial charge in [-0.25, -0.2) is 4.68 Å². The first-order chi connectivity index (χ1) is 13.5. The first-order valence-corrected chi connectivity index (χ1v) is 10.4. The minimum atomic E-state index is -0.120. The van der Waals surface area contributed by atoms with Crippen LogP contribution in [0.2, 0.25) is 0 Å². The van der Waals surface area contributed by atoms with Crippen molar-refractivity contribution in [3.8, 4) is 11.3 Å². The molecule has 0 fully saturated rings. The highest BCUT2D eigenvalue weighted by molar-refractivity contribution is 7.10. The number of aromatic nitrogens is 2. The van der Waals surface area contributed by atoms with E-state index >= 15 is 0 Å². The molecule has 3 aromatic rings. The van der Waals surface area contributed by atoms with Gasteiger partial charge in [-0.1, -0.05) is 31.5 Å². The molecule has 6 heteroatoms. The third-order valence-corrected chi connectivity index (χ3v) is 5.51. The van der Waals surface area contributed by atoms with Crippen molar-refractivity contribution in [1.29, 1.82) is 0 Å². The standard InChI is InChI=1S/C22H25N3O2S/c1-4-6-19(20-7-5-14-28-20)23-22(27)17-10-8-16(9-11-17)18-12-13-21(26)25(24-18)15(2)3/h5,7-15,19H,4,6H2,1-3H3,(H,23,27). The Hall–Kier alpha value is -2.73. The van der Waals surface area contributed by atoms with Gasteiger partial charge >= 0.3 is 0 Å². The highest BCUT2D eigenvalue weighted by Gasteiger charge is 2.16. The number of nitrogens with one attached hydrogen (secondary N) is 1. The van der Waals surface area contributed by atoms with E-state index in [0.29, 0.717) is 11.3 Å². The van der Waals surface area contributed by atoms with Crippen LogP contribution in [0, 0.1) is 0 Å². The van der Waals surface area contributed by atoms with Crippen molar-refractivity contribution in [3.05, 3.63) is 74.7 Å². The van der Waals surface area contributed by atoms with Crippen molar-refractivity contribution in [1.82, 2.24) is 15.1 Å². The third kappa shape index (κ3) is 4.57. The molecule has 0 saturated heterocycles. The van der Waals surface area contributed by atoms with Gasteiger partial charge in [0.15, 0.2) is 0 Å². The summed E-state index contributed by atoms with van der Waals surface area (Å²) in [7, 11) is 0. The van der Waals surface area contributed by atoms with Gasteiger partial charge in [0.2, 0.25) is 0 Å². The zero-order chi connectivity index (χ0) is 20.1. The summed E-state index contributed by atoms with van der Waals surface area (Å²) < 4.78 is 1.46. The highest BCUT2D eigenvalue weighted by atomic mass is 32.1. The Labute approximate surface area is 169 Å². The lowest BCUT2D eigenvalue weighted by molar-refractivity contribution is 0.0935. The lowest BCUT2D eigenvalue weighted by atomic mass is 10.1. The fourth-order valence-electron chi connectivity index (χ4n) is 3.05. The summed E-state index contributed by atoms with van der Waals surface area (Å²) in [5.41, 5.74) is 2.07. The summed E-state index contributed by atoms with van der Waals surface area (Å²) in [6.45, 7) is 5.96. The van der Waals surface area contributed by atoms with Crippen LogP contribution in [-0.2, 0) is 0 Å². The van der Waals surface area contributed by atoms with E-state index < -0.39 is 0 Å². The molecule has 146 valence electrons. The first-order valence-electron chi connectivity index (χ1n) is 9.54. The van der Waals surface area contributed by atoms with Gasteiger partial charge < -0.3 is 5.32 Å². The SMILES string of the molecule is CCCC(NC(=O)c1ccc(-c2ccc(=O)n(C(C)C)n2)cc1)c1cccs1. The summed E-state index contributed by atoms with van der Waals surface area (Å²) >= 11 is 1.66. The Morgan fingerprint density at radius 3 is 2.50 bits per heavy atom. The van der Waals surface area contributed by atoms with Gasteiger partial charge in [0.25, 0.3) is 11.5 Å². The summed E-state index contributed by atoms with van der Waals surface area (Å²) in [5.74, 6) is -0.0847. The maximum Gasteiger partial charge on any atom is 0.267 e. The summed E-state index contributed by atoms with van der Waals surface area (Å²) in [5, 5.41) is 9.60. The zero-order valence-corrected chi connectivity index (χ0v) is 17.2. The average molecular weight is 396 g/mol. The van der Waals surface area contributed by atoms with E-state index in [-0.39, 0.29) is 23.6 Å². The summed E-state index contributed by atoms with van der Waals surface area (Å²) in [4.78, 5) is 25.8. The second-order valence-corrected chi connectivity index (χ2v) is 7.98. The molecule has 3 rings (SSSR count). The van der Waals surface area contributed by atoms with Crippen molar-refractivity contribution >= 4 is 17.2 Å². The topological polar surface area (TPSA) is 64.0 Å². The molecule has 0 bridgehead atoms. The lowest BCUT2D eigenvalue weighted by Gasteiger charge is -2.17. The molecule has 2 aromatic heterocycles. The molecule has 0 radical (unpaired) electrons. The van der Waals surface area contributed by atoms with Crippen molar-refractivity contribution in [2.45, 2.75) is 45.7 Å². The number of hydrogen-bond donors (Lipinski definition) is 1. The molecule has 5 nitrogen and oxygen atoms in total. The largest absolute Gasteiger partial charge is 0.344 e. The molecule has 0 aliphatic heterocycles. The maximum absolute atomic E-state index is 12.7. The number of carbonyl (C=O) groups is 1. The van der Waals surface area contributed by atoms with Crippen molar-refractivity contribution in [3.63, 3.8) is 0 Å². The van der Waals surface area contributed by atoms with Gasteiger partial charge in [0, 0.05) is 22.1 Å². The van der Waals surface area contributed by atoms with Crippen LogP contribution in [0.15, 0.2) is 58.7 Å². The van der Waals surface area contributed by atoms with Gasteiger partial charge in [-0.15, -0.1) is 11.3 Å². The van der Waals surface area contributed by atoms with E-state index in [9.17, 15) is 9.59 Å². The van der Waals surface area contributed by atoms with E-state index in [0.717, 1.165) is 18.4 Å². The van der Waals surface area contributed by atoms with E-state index in [2.05, 4.69) is 23.4 Å². The number of amides is 1. The molecule has 1 unspecified atom stereocenters. The number of carbonyl (C=O) groups excluding carboxylic acids is 1. The fourth-order valence-corrected chi connectivity index (χ4v) is 3.86. The number of benzene rings is 1. The monoisotopic (exact) mass is 395 g/mol. The number of rotatable bonds is 7. The van der Waals surface area contributed by atoms with Gasteiger partial charge in [0.05, 0.1) is 17.8 Å². The molecule has 2 heterocycles. The summed E-state index contributed by atoms with van der Waals surface area (Å²) in [6, 6.07) is 14.7. The number of hydrogen-bond acceptors (Lipinski definition) is 4. The second-order valence-electron chi connectivity index (χ2n) is 7.00. The minimum absolute atomic E-state index is 0.00903. The van der Waals surface area contributed by atoms with Gasteiger partial charge in [0.1, 0.15) is 0 Å². The Balaban J connectivity index is 1.77. The molecule has 1 N–H and O–H groups in total. The van der Waals surface area contributed by atoms with Gasteiger partial charge in [-0.3, -0.25) is 9.59 Å². The Morgan fingerprint density at radius 1 is 1.14 bits per heavy atom. The first kappa shape index (κ1) is 20.0. The Kier molecular flexibility index (Phi) is 6.41. The van der Waals surface area contributed by atoms with Gasteiger partial charge in [-0.05, 0) is 49.9 Å². The van der Waals surface area contributed by atoms with Crippen LogP contribution >= 0.6 is 11.3 Å². The quantitative estimate of drug-likeness (QED) is 0.623. The molecule has 1 amide bonds. The molecule has 0 aliphatic carbocycles. The zero-order valence-electron chi connectivity index (χ0n) is 16.4. The lowest BCUT2D eigenvalue weighted by Crippen LogP contribution is -2.28. The van der Waals surface area contributed by atoms with Crippen molar-refractivity contribution < 1.29 is 4.79 Å². The van der Waals surface area contributed by atoms with E-state index in [1.54, 1.807) is 29.5 Å². The molecule has 0 saturated carbocycles. The normalized spacial score (nSPS) is 12.1. The van der Waals surface area contributed by atoms with E-state index in [1.807, 2.05) is 37.4 Å². The summed E-state index contributed by atoms with van der Waals surface area (Å²) in [6.07, 6.45) is 1.91. The number of thiophene rings is 1. The molecule has 1 atom stereocenters. The van der Waals surface area contributed by atoms with Crippen LogP contribution in [-0.4, -0.2) is 15.7 Å². The van der Waals surface area contributed by atoms with Crippen LogP contribution in [0.3, 0.4) is 0 Å². The highest BCUT2D eigenvalue weighted by Crippen LogP contribution is 2.24. The van der Waals surface area contributed by atoms with Crippen molar-refractivity contribution in [2.75, 3.05) is 0 Å². The maximum atomic E-state index is 12.7.